The van der Waals surface area contributed by atoms with Crippen LogP contribution in [0.3, 0.4) is 0 Å². The van der Waals surface area contributed by atoms with Crippen LogP contribution in [0.25, 0.3) is 11.0 Å². The number of halogens is 2. The van der Waals surface area contributed by atoms with E-state index in [-0.39, 0.29) is 10.8 Å². The second-order valence-corrected chi connectivity index (χ2v) is 2.70. The van der Waals surface area contributed by atoms with E-state index >= 15 is 0 Å². The van der Waals surface area contributed by atoms with Gasteiger partial charge in [0, 0.05) is 6.07 Å². The first-order valence-corrected chi connectivity index (χ1v) is 3.56. The molecule has 2 N–H and O–H groups in total. The van der Waals surface area contributed by atoms with Gasteiger partial charge >= 0.3 is 0 Å². The van der Waals surface area contributed by atoms with Crippen LogP contribution in [0.4, 0.5) is 10.1 Å². The number of anilines is 1. The summed E-state index contributed by atoms with van der Waals surface area (Å²) in [6.45, 7) is 0. The molecule has 0 saturated heterocycles. The molecule has 2 aromatic rings. The summed E-state index contributed by atoms with van der Waals surface area (Å²) in [5, 5.41) is 4.16. The summed E-state index contributed by atoms with van der Waals surface area (Å²) in [5.74, 6) is -0.532. The molecule has 0 saturated carbocycles. The Hall–Kier alpha value is -1.29. The molecule has 0 amide bonds. The Kier molecular flexibility index (Phi) is 1.44. The molecule has 12 heavy (non-hydrogen) atoms. The summed E-state index contributed by atoms with van der Waals surface area (Å²) < 4.78 is 17.5. The largest absolute Gasteiger partial charge is 0.396 e. The van der Waals surface area contributed by atoms with Crippen molar-refractivity contribution in [3.63, 3.8) is 0 Å². The maximum Gasteiger partial charge on any atom is 0.180 e. The lowest BCUT2D eigenvalue weighted by Crippen LogP contribution is -1.88. The van der Waals surface area contributed by atoms with Crippen LogP contribution in [-0.2, 0) is 0 Å². The van der Waals surface area contributed by atoms with Gasteiger partial charge in [-0.2, -0.15) is 0 Å². The molecular weight excluding hydrogens is 183 g/mol. The zero-order valence-corrected chi connectivity index (χ0v) is 6.60. The van der Waals surface area contributed by atoms with Crippen LogP contribution in [0.5, 0.6) is 0 Å². The molecule has 0 aliphatic carbocycles. The van der Waals surface area contributed by atoms with Crippen molar-refractivity contribution in [3.05, 3.63) is 23.1 Å². The Bertz CT molecular complexity index is 440. The first-order valence-electron chi connectivity index (χ1n) is 3.18. The SMILES string of the molecule is Nc1cc2c(Cl)noc2cc1F. The topological polar surface area (TPSA) is 52.0 Å². The number of benzene rings is 1. The maximum atomic E-state index is 12.8. The van der Waals surface area contributed by atoms with Gasteiger partial charge in [-0.15, -0.1) is 0 Å². The minimum Gasteiger partial charge on any atom is -0.396 e. The third-order valence-corrected chi connectivity index (χ3v) is 1.82. The molecule has 1 aromatic heterocycles. The fourth-order valence-electron chi connectivity index (χ4n) is 0.947. The summed E-state index contributed by atoms with van der Waals surface area (Å²) in [5.41, 5.74) is 5.64. The van der Waals surface area contributed by atoms with E-state index in [0.717, 1.165) is 6.07 Å². The highest BCUT2D eigenvalue weighted by Crippen LogP contribution is 2.26. The van der Waals surface area contributed by atoms with Gasteiger partial charge in [-0.3, -0.25) is 0 Å². The van der Waals surface area contributed by atoms with Gasteiger partial charge in [0.05, 0.1) is 11.1 Å². The van der Waals surface area contributed by atoms with Gasteiger partial charge in [0.25, 0.3) is 0 Å². The third kappa shape index (κ3) is 0.921. The number of nitrogens with zero attached hydrogens (tertiary/aromatic N) is 1. The first-order chi connectivity index (χ1) is 5.68. The number of nitrogen functional groups attached to an aromatic ring is 1. The van der Waals surface area contributed by atoms with Gasteiger partial charge in [0.15, 0.2) is 10.7 Å². The highest BCUT2D eigenvalue weighted by molar-refractivity contribution is 6.34. The minimum absolute atomic E-state index is 0.0348. The monoisotopic (exact) mass is 186 g/mol. The van der Waals surface area contributed by atoms with E-state index in [1.54, 1.807) is 0 Å². The number of rotatable bonds is 0. The molecular formula is C7H4ClFN2O. The molecule has 0 fully saturated rings. The van der Waals surface area contributed by atoms with E-state index in [0.29, 0.717) is 11.0 Å². The van der Waals surface area contributed by atoms with Crippen LogP contribution < -0.4 is 5.73 Å². The fraction of sp³-hybridized carbons (Fsp3) is 0. The summed E-state index contributed by atoms with van der Waals surface area (Å²) in [6, 6.07) is 2.55. The molecule has 3 nitrogen and oxygen atoms in total. The summed E-state index contributed by atoms with van der Waals surface area (Å²) in [7, 11) is 0. The molecule has 0 unspecified atom stereocenters. The highest BCUT2D eigenvalue weighted by atomic mass is 35.5. The van der Waals surface area contributed by atoms with Crippen LogP contribution in [0.1, 0.15) is 0 Å². The summed E-state index contributed by atoms with van der Waals surface area (Å²) in [4.78, 5) is 0. The average molecular weight is 187 g/mol. The van der Waals surface area contributed by atoms with Crippen molar-refractivity contribution in [1.82, 2.24) is 5.16 Å². The van der Waals surface area contributed by atoms with Crippen molar-refractivity contribution in [2.75, 3.05) is 5.73 Å². The van der Waals surface area contributed by atoms with Crippen LogP contribution in [0.2, 0.25) is 5.15 Å². The Morgan fingerprint density at radius 2 is 2.25 bits per heavy atom. The van der Waals surface area contributed by atoms with Gasteiger partial charge < -0.3 is 10.3 Å². The van der Waals surface area contributed by atoms with Crippen molar-refractivity contribution in [2.24, 2.45) is 0 Å². The van der Waals surface area contributed by atoms with Gasteiger partial charge in [-0.1, -0.05) is 16.8 Å². The lowest BCUT2D eigenvalue weighted by Gasteiger charge is -1.93. The van der Waals surface area contributed by atoms with Crippen molar-refractivity contribution in [3.8, 4) is 0 Å². The molecule has 5 heteroatoms. The van der Waals surface area contributed by atoms with Gasteiger partial charge in [0.2, 0.25) is 0 Å². The molecule has 0 radical (unpaired) electrons. The second-order valence-electron chi connectivity index (χ2n) is 2.34. The molecule has 0 aliphatic heterocycles. The molecule has 1 heterocycles. The Morgan fingerprint density at radius 1 is 1.50 bits per heavy atom. The van der Waals surface area contributed by atoms with E-state index < -0.39 is 5.82 Å². The molecule has 0 spiro atoms. The Balaban J connectivity index is 2.87. The summed E-state index contributed by atoms with van der Waals surface area (Å²) >= 11 is 5.61. The maximum absolute atomic E-state index is 12.8. The minimum atomic E-state index is -0.532. The van der Waals surface area contributed by atoms with Crippen molar-refractivity contribution < 1.29 is 8.91 Å². The highest BCUT2D eigenvalue weighted by Gasteiger charge is 2.08. The van der Waals surface area contributed by atoms with E-state index in [9.17, 15) is 4.39 Å². The standard InChI is InChI=1S/C7H4ClFN2O/c8-7-3-1-5(10)4(9)2-6(3)12-11-7/h1-2H,10H2. The number of aromatic nitrogens is 1. The molecule has 0 atom stereocenters. The van der Waals surface area contributed by atoms with E-state index in [1.807, 2.05) is 0 Å². The predicted octanol–water partition coefficient (Wildman–Crippen LogP) is 2.20. The van der Waals surface area contributed by atoms with Crippen molar-refractivity contribution >= 4 is 28.3 Å². The number of hydrogen-bond acceptors (Lipinski definition) is 3. The van der Waals surface area contributed by atoms with Crippen LogP contribution in [0.15, 0.2) is 16.7 Å². The Labute approximate surface area is 71.9 Å². The fourth-order valence-corrected chi connectivity index (χ4v) is 1.13. The van der Waals surface area contributed by atoms with Gasteiger partial charge in [-0.05, 0) is 6.07 Å². The smallest absolute Gasteiger partial charge is 0.180 e. The molecule has 2 rings (SSSR count). The zero-order valence-electron chi connectivity index (χ0n) is 5.84. The van der Waals surface area contributed by atoms with E-state index in [4.69, 9.17) is 21.9 Å². The third-order valence-electron chi connectivity index (χ3n) is 1.55. The van der Waals surface area contributed by atoms with Crippen LogP contribution in [0, 0.1) is 5.82 Å². The van der Waals surface area contributed by atoms with Crippen LogP contribution in [-0.4, -0.2) is 5.16 Å². The normalized spacial score (nSPS) is 10.8. The molecule has 1 aromatic carbocycles. The quantitative estimate of drug-likeness (QED) is 0.642. The molecule has 0 bridgehead atoms. The average Bonchev–Trinajstić information content (AvgIpc) is 2.35. The number of fused-ring (bicyclic) bond motifs is 1. The first kappa shape index (κ1) is 7.36. The number of nitrogens with two attached hydrogens (primary N) is 1. The lowest BCUT2D eigenvalue weighted by molar-refractivity contribution is 0.455. The zero-order chi connectivity index (χ0) is 8.72. The predicted molar refractivity (Wildman–Crippen MR) is 43.4 cm³/mol. The lowest BCUT2D eigenvalue weighted by atomic mass is 10.2. The summed E-state index contributed by atoms with van der Waals surface area (Å²) in [6.07, 6.45) is 0. The van der Waals surface area contributed by atoms with Crippen molar-refractivity contribution in [1.29, 1.82) is 0 Å². The van der Waals surface area contributed by atoms with E-state index in [2.05, 4.69) is 5.16 Å². The van der Waals surface area contributed by atoms with Crippen molar-refractivity contribution in [2.45, 2.75) is 0 Å². The second kappa shape index (κ2) is 2.35. The molecule has 0 aliphatic rings. The Morgan fingerprint density at radius 3 is 3.00 bits per heavy atom. The number of hydrogen-bond donors (Lipinski definition) is 1. The molecule has 62 valence electrons. The van der Waals surface area contributed by atoms with E-state index in [1.165, 1.54) is 6.07 Å². The van der Waals surface area contributed by atoms with Gasteiger partial charge in [0.1, 0.15) is 5.82 Å². The van der Waals surface area contributed by atoms with Gasteiger partial charge in [-0.25, -0.2) is 4.39 Å². The van der Waals surface area contributed by atoms with Crippen LogP contribution >= 0.6 is 11.6 Å².